The zero-order valence-corrected chi connectivity index (χ0v) is 14.6. The molecular formula is C18H23NO3S. The third kappa shape index (κ3) is 4.56. The van der Waals surface area contributed by atoms with Gasteiger partial charge >= 0.3 is 0 Å². The molecule has 2 rings (SSSR count). The highest BCUT2D eigenvalue weighted by molar-refractivity contribution is 7.14. The Bertz CT molecular complexity index is 649. The number of aliphatic hydroxyl groups is 1. The molecule has 1 atom stereocenters. The number of aliphatic hydroxyl groups excluding tert-OH is 1. The molecule has 0 saturated heterocycles. The molecule has 4 nitrogen and oxygen atoms in total. The van der Waals surface area contributed by atoms with Crippen LogP contribution in [0.25, 0.3) is 11.1 Å². The third-order valence-corrected chi connectivity index (χ3v) is 4.76. The summed E-state index contributed by atoms with van der Waals surface area (Å²) in [5.41, 5.74) is 2.15. The Hall–Kier alpha value is -1.85. The van der Waals surface area contributed by atoms with E-state index in [1.54, 1.807) is 7.11 Å². The van der Waals surface area contributed by atoms with E-state index < -0.39 is 0 Å². The van der Waals surface area contributed by atoms with Gasteiger partial charge in [-0.1, -0.05) is 12.1 Å². The van der Waals surface area contributed by atoms with E-state index in [1.165, 1.54) is 11.3 Å². The molecule has 1 unspecified atom stereocenters. The number of thiophene rings is 1. The number of nitrogens with one attached hydrogen (secondary N) is 1. The van der Waals surface area contributed by atoms with Gasteiger partial charge in [-0.15, -0.1) is 11.3 Å². The van der Waals surface area contributed by atoms with Crippen LogP contribution in [-0.2, 0) is 0 Å². The Balaban J connectivity index is 2.12. The second-order valence-electron chi connectivity index (χ2n) is 5.55. The Labute approximate surface area is 141 Å². The van der Waals surface area contributed by atoms with Crippen LogP contribution in [0.1, 0.15) is 34.3 Å². The monoisotopic (exact) mass is 333 g/mol. The van der Waals surface area contributed by atoms with Gasteiger partial charge in [0.25, 0.3) is 5.91 Å². The van der Waals surface area contributed by atoms with Crippen molar-refractivity contribution in [1.29, 1.82) is 0 Å². The molecule has 2 aromatic rings. The van der Waals surface area contributed by atoms with Crippen LogP contribution in [0.15, 0.2) is 30.3 Å². The van der Waals surface area contributed by atoms with E-state index in [0.29, 0.717) is 11.3 Å². The van der Waals surface area contributed by atoms with E-state index >= 15 is 0 Å². The fourth-order valence-corrected chi connectivity index (χ4v) is 3.36. The minimum atomic E-state index is -0.0525. The van der Waals surface area contributed by atoms with Gasteiger partial charge in [-0.3, -0.25) is 4.79 Å². The van der Waals surface area contributed by atoms with Crippen molar-refractivity contribution in [2.24, 2.45) is 0 Å². The summed E-state index contributed by atoms with van der Waals surface area (Å²) in [6, 6.07) is 9.84. The summed E-state index contributed by atoms with van der Waals surface area (Å²) in [6.07, 6.45) is 1.47. The lowest BCUT2D eigenvalue weighted by atomic mass is 10.1. The molecule has 1 aromatic heterocycles. The molecule has 0 radical (unpaired) electrons. The number of amides is 1. The topological polar surface area (TPSA) is 58.6 Å². The van der Waals surface area contributed by atoms with Crippen LogP contribution in [0.4, 0.5) is 0 Å². The van der Waals surface area contributed by atoms with Gasteiger partial charge < -0.3 is 15.2 Å². The highest BCUT2D eigenvalue weighted by atomic mass is 32.1. The summed E-state index contributed by atoms with van der Waals surface area (Å²) >= 11 is 1.50. The van der Waals surface area contributed by atoms with Crippen LogP contribution in [0, 0.1) is 6.92 Å². The number of hydrogen-bond acceptors (Lipinski definition) is 4. The van der Waals surface area contributed by atoms with Gasteiger partial charge in [0.15, 0.2) is 0 Å². The molecule has 1 aromatic carbocycles. The van der Waals surface area contributed by atoms with Crippen LogP contribution in [-0.4, -0.2) is 30.8 Å². The lowest BCUT2D eigenvalue weighted by Gasteiger charge is -2.11. The predicted octanol–water partition coefficient (Wildman–Crippen LogP) is 3.62. The number of carbonyl (C=O) groups excluding carboxylic acids is 1. The molecule has 0 aliphatic carbocycles. The van der Waals surface area contributed by atoms with Gasteiger partial charge in [0, 0.05) is 17.5 Å². The molecule has 0 saturated carbocycles. The van der Waals surface area contributed by atoms with Crippen molar-refractivity contribution in [3.8, 4) is 16.9 Å². The summed E-state index contributed by atoms with van der Waals surface area (Å²) in [5.74, 6) is 0.764. The van der Waals surface area contributed by atoms with Crippen LogP contribution in [0.2, 0.25) is 0 Å². The summed E-state index contributed by atoms with van der Waals surface area (Å²) in [7, 11) is 1.64. The molecule has 0 bridgehead atoms. The fourth-order valence-electron chi connectivity index (χ4n) is 2.42. The second-order valence-corrected chi connectivity index (χ2v) is 6.81. The predicted molar refractivity (Wildman–Crippen MR) is 94.3 cm³/mol. The zero-order chi connectivity index (χ0) is 16.8. The number of ether oxygens (including phenoxy) is 1. The average Bonchev–Trinajstić information content (AvgIpc) is 2.95. The van der Waals surface area contributed by atoms with Crippen molar-refractivity contribution in [1.82, 2.24) is 5.32 Å². The number of aryl methyl sites for hydroxylation is 1. The van der Waals surface area contributed by atoms with E-state index in [9.17, 15) is 4.79 Å². The van der Waals surface area contributed by atoms with Crippen molar-refractivity contribution in [3.05, 3.63) is 40.1 Å². The van der Waals surface area contributed by atoms with Crippen LogP contribution < -0.4 is 10.1 Å². The largest absolute Gasteiger partial charge is 0.497 e. The van der Waals surface area contributed by atoms with Crippen molar-refractivity contribution in [2.45, 2.75) is 32.7 Å². The Morgan fingerprint density at radius 1 is 1.35 bits per heavy atom. The van der Waals surface area contributed by atoms with Gasteiger partial charge in [0.1, 0.15) is 5.75 Å². The molecule has 1 heterocycles. The minimum absolute atomic E-state index is 0.0525. The number of benzene rings is 1. The first-order valence-electron chi connectivity index (χ1n) is 7.71. The van der Waals surface area contributed by atoms with E-state index in [-0.39, 0.29) is 18.6 Å². The van der Waals surface area contributed by atoms with Gasteiger partial charge in [0.2, 0.25) is 0 Å². The first kappa shape index (κ1) is 17.5. The van der Waals surface area contributed by atoms with Gasteiger partial charge in [-0.2, -0.15) is 0 Å². The van der Waals surface area contributed by atoms with Crippen LogP contribution >= 0.6 is 11.3 Å². The average molecular weight is 333 g/mol. The fraction of sp³-hybridized carbons (Fsp3) is 0.389. The molecule has 1 amide bonds. The first-order valence-corrected chi connectivity index (χ1v) is 8.53. The molecule has 0 spiro atoms. The normalized spacial score (nSPS) is 12.0. The quantitative estimate of drug-likeness (QED) is 0.813. The Morgan fingerprint density at radius 2 is 2.04 bits per heavy atom. The Morgan fingerprint density at radius 3 is 2.65 bits per heavy atom. The third-order valence-electron chi connectivity index (χ3n) is 3.72. The highest BCUT2D eigenvalue weighted by Crippen LogP contribution is 2.32. The number of rotatable bonds is 7. The zero-order valence-electron chi connectivity index (χ0n) is 13.8. The van der Waals surface area contributed by atoms with E-state index in [1.807, 2.05) is 44.2 Å². The van der Waals surface area contributed by atoms with E-state index in [0.717, 1.165) is 28.2 Å². The summed E-state index contributed by atoms with van der Waals surface area (Å²) in [5, 5.41) is 11.8. The molecule has 23 heavy (non-hydrogen) atoms. The van der Waals surface area contributed by atoms with Gasteiger partial charge in [0.05, 0.1) is 12.0 Å². The lowest BCUT2D eigenvalue weighted by Crippen LogP contribution is -2.32. The van der Waals surface area contributed by atoms with Crippen molar-refractivity contribution < 1.29 is 14.6 Å². The first-order chi connectivity index (χ1) is 11.0. The number of methoxy groups -OCH3 is 1. The van der Waals surface area contributed by atoms with Crippen molar-refractivity contribution in [3.63, 3.8) is 0 Å². The highest BCUT2D eigenvalue weighted by Gasteiger charge is 2.15. The lowest BCUT2D eigenvalue weighted by molar-refractivity contribution is 0.0940. The molecule has 124 valence electrons. The summed E-state index contributed by atoms with van der Waals surface area (Å²) < 4.78 is 5.18. The van der Waals surface area contributed by atoms with Crippen molar-refractivity contribution >= 4 is 17.2 Å². The molecule has 2 N–H and O–H groups in total. The molecule has 5 heteroatoms. The standard InChI is InChI=1S/C18H23NO3S/c1-12(5-4-10-20)19-18(21)17-11-16(13(2)23-17)14-6-8-15(22-3)9-7-14/h6-9,11-12,20H,4-5,10H2,1-3H3,(H,19,21). The summed E-state index contributed by atoms with van der Waals surface area (Å²) in [6.45, 7) is 4.13. The summed E-state index contributed by atoms with van der Waals surface area (Å²) in [4.78, 5) is 14.2. The molecule has 0 aliphatic heterocycles. The number of carbonyl (C=O) groups is 1. The van der Waals surface area contributed by atoms with Gasteiger partial charge in [-0.05, 0) is 56.0 Å². The second kappa shape index (κ2) is 8.13. The minimum Gasteiger partial charge on any atom is -0.497 e. The molecule has 0 aliphatic rings. The van der Waals surface area contributed by atoms with Crippen LogP contribution in [0.5, 0.6) is 5.75 Å². The SMILES string of the molecule is COc1ccc(-c2cc(C(=O)NC(C)CCCO)sc2C)cc1. The maximum Gasteiger partial charge on any atom is 0.261 e. The van der Waals surface area contributed by atoms with E-state index in [2.05, 4.69) is 5.32 Å². The smallest absolute Gasteiger partial charge is 0.261 e. The van der Waals surface area contributed by atoms with Gasteiger partial charge in [-0.25, -0.2) is 0 Å². The maximum absolute atomic E-state index is 12.3. The molecular weight excluding hydrogens is 310 g/mol. The maximum atomic E-state index is 12.3. The van der Waals surface area contributed by atoms with E-state index in [4.69, 9.17) is 9.84 Å². The molecule has 0 fully saturated rings. The van der Waals surface area contributed by atoms with Crippen LogP contribution in [0.3, 0.4) is 0 Å². The Kier molecular flexibility index (Phi) is 6.19. The van der Waals surface area contributed by atoms with Crippen molar-refractivity contribution in [2.75, 3.05) is 13.7 Å². The number of hydrogen-bond donors (Lipinski definition) is 2.